The van der Waals surface area contributed by atoms with Crippen LogP contribution in [0.15, 0.2) is 28.7 Å². The summed E-state index contributed by atoms with van der Waals surface area (Å²) in [5, 5.41) is 13.1. The van der Waals surface area contributed by atoms with Gasteiger partial charge in [-0.25, -0.2) is 0 Å². The number of benzene rings is 1. The van der Waals surface area contributed by atoms with Gasteiger partial charge in [-0.15, -0.1) is 0 Å². The van der Waals surface area contributed by atoms with Crippen LogP contribution in [0.1, 0.15) is 11.3 Å². The summed E-state index contributed by atoms with van der Waals surface area (Å²) in [4.78, 5) is 10.8. The van der Waals surface area contributed by atoms with E-state index in [2.05, 4.69) is 21.0 Å². The number of carboxylic acids is 1. The lowest BCUT2D eigenvalue weighted by molar-refractivity contribution is -0.136. The molecule has 0 unspecified atom stereocenters. The van der Waals surface area contributed by atoms with Crippen molar-refractivity contribution in [1.29, 1.82) is 0 Å². The fraction of sp³-hybridized carbons (Fsp3) is 0.231. The Kier molecular flexibility index (Phi) is 3.52. The first-order valence-electron chi connectivity index (χ1n) is 5.49. The number of hydrogen-bond acceptors (Lipinski definition) is 2. The van der Waals surface area contributed by atoms with E-state index in [-0.39, 0.29) is 6.42 Å². The maximum atomic E-state index is 10.8. The molecule has 1 N–H and O–H groups in total. The maximum absolute atomic E-state index is 10.8. The van der Waals surface area contributed by atoms with Crippen LogP contribution in [-0.4, -0.2) is 20.9 Å². The Bertz CT molecular complexity index is 605. The van der Waals surface area contributed by atoms with E-state index in [9.17, 15) is 4.79 Å². The molecule has 4 nitrogen and oxygen atoms in total. The number of aryl methyl sites for hydroxylation is 2. The van der Waals surface area contributed by atoms with Gasteiger partial charge in [0.15, 0.2) is 0 Å². The van der Waals surface area contributed by atoms with Crippen LogP contribution in [0.2, 0.25) is 0 Å². The van der Waals surface area contributed by atoms with Crippen LogP contribution in [0.3, 0.4) is 0 Å². The fourth-order valence-electron chi connectivity index (χ4n) is 1.92. The molecule has 94 valence electrons. The maximum Gasteiger partial charge on any atom is 0.309 e. The molecule has 0 atom stereocenters. The van der Waals surface area contributed by atoms with E-state index in [4.69, 9.17) is 5.11 Å². The van der Waals surface area contributed by atoms with Gasteiger partial charge in [0, 0.05) is 12.6 Å². The molecule has 1 aromatic carbocycles. The van der Waals surface area contributed by atoms with Gasteiger partial charge in [0.05, 0.1) is 22.3 Å². The molecule has 0 aliphatic carbocycles. The van der Waals surface area contributed by atoms with Crippen molar-refractivity contribution in [2.75, 3.05) is 0 Å². The van der Waals surface area contributed by atoms with E-state index in [1.165, 1.54) is 0 Å². The van der Waals surface area contributed by atoms with Crippen LogP contribution >= 0.6 is 15.9 Å². The van der Waals surface area contributed by atoms with E-state index < -0.39 is 5.97 Å². The number of hydrogen-bond donors (Lipinski definition) is 1. The molecule has 0 saturated heterocycles. The van der Waals surface area contributed by atoms with E-state index in [0.717, 1.165) is 21.3 Å². The van der Waals surface area contributed by atoms with E-state index in [1.807, 2.05) is 38.2 Å². The van der Waals surface area contributed by atoms with Crippen molar-refractivity contribution in [3.63, 3.8) is 0 Å². The highest BCUT2D eigenvalue weighted by Gasteiger charge is 2.17. The predicted octanol–water partition coefficient (Wildman–Crippen LogP) is 2.79. The van der Waals surface area contributed by atoms with Crippen molar-refractivity contribution >= 4 is 21.9 Å². The molecule has 0 aliphatic rings. The summed E-state index contributed by atoms with van der Waals surface area (Å²) in [6.45, 7) is 2.02. The van der Waals surface area contributed by atoms with E-state index in [0.29, 0.717) is 5.69 Å². The molecule has 0 radical (unpaired) electrons. The predicted molar refractivity (Wildman–Crippen MR) is 72.4 cm³/mol. The lowest BCUT2D eigenvalue weighted by atomic mass is 10.1. The second kappa shape index (κ2) is 4.94. The Morgan fingerprint density at radius 3 is 2.83 bits per heavy atom. The Morgan fingerprint density at radius 1 is 1.50 bits per heavy atom. The summed E-state index contributed by atoms with van der Waals surface area (Å²) in [5.41, 5.74) is 3.62. The van der Waals surface area contributed by atoms with Crippen molar-refractivity contribution in [1.82, 2.24) is 9.78 Å². The summed E-state index contributed by atoms with van der Waals surface area (Å²) in [6.07, 6.45) is -0.0831. The summed E-state index contributed by atoms with van der Waals surface area (Å²) < 4.78 is 2.45. The molecule has 0 spiro atoms. The summed E-state index contributed by atoms with van der Waals surface area (Å²) >= 11 is 3.45. The largest absolute Gasteiger partial charge is 0.481 e. The SMILES string of the molecule is Cc1cccc(-c2c(Br)c(CC(=O)O)nn2C)c1. The minimum atomic E-state index is -0.885. The van der Waals surface area contributed by atoms with Crippen LogP contribution in [0.5, 0.6) is 0 Å². The standard InChI is InChI=1S/C13H13BrN2O2/c1-8-4-3-5-9(6-8)13-12(14)10(7-11(17)18)15-16(13)2/h3-6H,7H2,1-2H3,(H,17,18). The second-order valence-electron chi connectivity index (χ2n) is 4.17. The van der Waals surface area contributed by atoms with Crippen molar-refractivity contribution in [3.8, 4) is 11.3 Å². The molecule has 2 aromatic rings. The molecule has 0 bridgehead atoms. The van der Waals surface area contributed by atoms with Gasteiger partial charge in [0.25, 0.3) is 0 Å². The molecule has 1 heterocycles. The van der Waals surface area contributed by atoms with Crippen molar-refractivity contribution < 1.29 is 9.90 Å². The molecule has 18 heavy (non-hydrogen) atoms. The first-order valence-corrected chi connectivity index (χ1v) is 6.28. The molecule has 5 heteroatoms. The second-order valence-corrected chi connectivity index (χ2v) is 4.97. The van der Waals surface area contributed by atoms with Gasteiger partial charge in [-0.05, 0) is 28.9 Å². The molecule has 1 aromatic heterocycles. The first-order chi connectivity index (χ1) is 8.49. The lowest BCUT2D eigenvalue weighted by Crippen LogP contribution is -2.02. The third kappa shape index (κ3) is 2.46. The lowest BCUT2D eigenvalue weighted by Gasteiger charge is -2.04. The number of nitrogens with zero attached hydrogens (tertiary/aromatic N) is 2. The van der Waals surface area contributed by atoms with Crippen molar-refractivity contribution in [2.45, 2.75) is 13.3 Å². The van der Waals surface area contributed by atoms with E-state index in [1.54, 1.807) is 4.68 Å². The highest BCUT2D eigenvalue weighted by atomic mass is 79.9. The van der Waals surface area contributed by atoms with Crippen LogP contribution < -0.4 is 0 Å². The highest BCUT2D eigenvalue weighted by Crippen LogP contribution is 2.31. The number of carboxylic acid groups (broad SMARTS) is 1. The Morgan fingerprint density at radius 2 is 2.22 bits per heavy atom. The van der Waals surface area contributed by atoms with Gasteiger partial charge in [-0.1, -0.05) is 23.8 Å². The van der Waals surface area contributed by atoms with E-state index >= 15 is 0 Å². The average Bonchev–Trinajstić information content (AvgIpc) is 2.53. The quantitative estimate of drug-likeness (QED) is 0.948. The monoisotopic (exact) mass is 308 g/mol. The van der Waals surface area contributed by atoms with Gasteiger partial charge in [0.2, 0.25) is 0 Å². The molecular weight excluding hydrogens is 296 g/mol. The van der Waals surface area contributed by atoms with Gasteiger partial charge in [-0.3, -0.25) is 9.48 Å². The molecular formula is C13H13BrN2O2. The molecule has 2 rings (SSSR count). The Hall–Kier alpha value is -1.62. The number of rotatable bonds is 3. The topological polar surface area (TPSA) is 55.1 Å². The zero-order chi connectivity index (χ0) is 13.3. The first kappa shape index (κ1) is 12.8. The van der Waals surface area contributed by atoms with Crippen LogP contribution in [-0.2, 0) is 18.3 Å². The summed E-state index contributed by atoms with van der Waals surface area (Å²) in [5.74, 6) is -0.885. The summed E-state index contributed by atoms with van der Waals surface area (Å²) in [6, 6.07) is 8.03. The summed E-state index contributed by atoms with van der Waals surface area (Å²) in [7, 11) is 1.81. The molecule has 0 amide bonds. The Labute approximate surface area is 113 Å². The number of aromatic nitrogens is 2. The minimum Gasteiger partial charge on any atom is -0.481 e. The average molecular weight is 309 g/mol. The van der Waals surface area contributed by atoms with Crippen LogP contribution in [0, 0.1) is 6.92 Å². The Balaban J connectivity index is 2.51. The smallest absolute Gasteiger partial charge is 0.309 e. The molecule has 0 fully saturated rings. The van der Waals surface area contributed by atoms with Crippen molar-refractivity contribution in [2.24, 2.45) is 7.05 Å². The van der Waals surface area contributed by atoms with Gasteiger partial charge in [-0.2, -0.15) is 5.10 Å². The number of aliphatic carboxylic acids is 1. The number of carbonyl (C=O) groups is 1. The fourth-order valence-corrected chi connectivity index (χ4v) is 2.62. The number of halogens is 1. The van der Waals surface area contributed by atoms with Crippen molar-refractivity contribution in [3.05, 3.63) is 40.0 Å². The molecule has 0 aliphatic heterocycles. The third-order valence-electron chi connectivity index (χ3n) is 2.67. The normalized spacial score (nSPS) is 10.6. The van der Waals surface area contributed by atoms with Gasteiger partial charge in [0.1, 0.15) is 0 Å². The van der Waals surface area contributed by atoms with Gasteiger partial charge < -0.3 is 5.11 Å². The highest BCUT2D eigenvalue weighted by molar-refractivity contribution is 9.10. The minimum absolute atomic E-state index is 0.0831. The van der Waals surface area contributed by atoms with Crippen LogP contribution in [0.4, 0.5) is 0 Å². The zero-order valence-electron chi connectivity index (χ0n) is 10.1. The molecule has 0 saturated carbocycles. The van der Waals surface area contributed by atoms with Gasteiger partial charge >= 0.3 is 5.97 Å². The van der Waals surface area contributed by atoms with Crippen LogP contribution in [0.25, 0.3) is 11.3 Å². The third-order valence-corrected chi connectivity index (χ3v) is 3.50. The zero-order valence-corrected chi connectivity index (χ0v) is 11.7.